The van der Waals surface area contributed by atoms with E-state index in [4.69, 9.17) is 4.74 Å². The molecule has 17 heavy (non-hydrogen) atoms. The molecule has 94 valence electrons. The van der Waals surface area contributed by atoms with E-state index in [-0.39, 0.29) is 0 Å². The van der Waals surface area contributed by atoms with E-state index in [1.165, 1.54) is 0 Å². The van der Waals surface area contributed by atoms with Crippen molar-refractivity contribution in [3.63, 3.8) is 0 Å². The van der Waals surface area contributed by atoms with Gasteiger partial charge in [-0.3, -0.25) is 0 Å². The zero-order valence-electron chi connectivity index (χ0n) is 10.7. The molecule has 5 nitrogen and oxygen atoms in total. The normalized spacial score (nSPS) is 16.4. The number of hydrogen-bond acceptors (Lipinski definition) is 5. The molecule has 0 aliphatic carbocycles. The van der Waals surface area contributed by atoms with Gasteiger partial charge in [-0.2, -0.15) is 0 Å². The van der Waals surface area contributed by atoms with Crippen molar-refractivity contribution in [3.8, 4) is 0 Å². The van der Waals surface area contributed by atoms with Gasteiger partial charge in [-0.15, -0.1) is 0 Å². The highest BCUT2D eigenvalue weighted by Crippen LogP contribution is 2.17. The van der Waals surface area contributed by atoms with Gasteiger partial charge in [0.05, 0.1) is 13.2 Å². The van der Waals surface area contributed by atoms with Crippen LogP contribution in [-0.4, -0.2) is 42.3 Å². The predicted octanol–water partition coefficient (Wildman–Crippen LogP) is 1.44. The molecular weight excluding hydrogens is 216 g/mol. The molecule has 1 N–H and O–H groups in total. The van der Waals surface area contributed by atoms with E-state index in [1.54, 1.807) is 0 Å². The largest absolute Gasteiger partial charge is 0.378 e. The van der Waals surface area contributed by atoms with Crippen LogP contribution in [-0.2, 0) is 4.74 Å². The summed E-state index contributed by atoms with van der Waals surface area (Å²) in [5, 5.41) is 3.32. The summed E-state index contributed by atoms with van der Waals surface area (Å²) < 4.78 is 5.35. The van der Waals surface area contributed by atoms with Gasteiger partial charge in [0.15, 0.2) is 0 Å². The molecule has 0 spiro atoms. The van der Waals surface area contributed by atoms with E-state index in [0.717, 1.165) is 43.8 Å². The third kappa shape index (κ3) is 3.30. The maximum Gasteiger partial charge on any atom is 0.134 e. The van der Waals surface area contributed by atoms with Gasteiger partial charge in [-0.25, -0.2) is 9.97 Å². The number of nitrogens with zero attached hydrogens (tertiary/aromatic N) is 3. The fraction of sp³-hybridized carbons (Fsp3) is 0.667. The first-order valence-corrected chi connectivity index (χ1v) is 6.10. The van der Waals surface area contributed by atoms with Crippen LogP contribution in [0.5, 0.6) is 0 Å². The first-order valence-electron chi connectivity index (χ1n) is 6.10. The van der Waals surface area contributed by atoms with Crippen molar-refractivity contribution in [3.05, 3.63) is 11.9 Å². The van der Waals surface area contributed by atoms with Crippen molar-refractivity contribution in [2.24, 2.45) is 0 Å². The maximum absolute atomic E-state index is 5.35. The molecule has 0 saturated carbocycles. The van der Waals surface area contributed by atoms with E-state index in [9.17, 15) is 0 Å². The molecule has 0 amide bonds. The second kappa shape index (κ2) is 5.31. The SMILES string of the molecule is Cc1nc(NC(C)C)cc(N2CCOCC2)n1. The molecule has 1 fully saturated rings. The third-order valence-corrected chi connectivity index (χ3v) is 2.60. The van der Waals surface area contributed by atoms with Crippen LogP contribution in [0.25, 0.3) is 0 Å². The monoisotopic (exact) mass is 236 g/mol. The summed E-state index contributed by atoms with van der Waals surface area (Å²) in [6.07, 6.45) is 0. The van der Waals surface area contributed by atoms with Gasteiger partial charge < -0.3 is 15.0 Å². The van der Waals surface area contributed by atoms with E-state index >= 15 is 0 Å². The number of morpholine rings is 1. The third-order valence-electron chi connectivity index (χ3n) is 2.60. The number of ether oxygens (including phenoxy) is 1. The lowest BCUT2D eigenvalue weighted by atomic mass is 10.3. The van der Waals surface area contributed by atoms with Crippen LogP contribution < -0.4 is 10.2 Å². The summed E-state index contributed by atoms with van der Waals surface area (Å²) in [5.41, 5.74) is 0. The van der Waals surface area contributed by atoms with Crippen LogP contribution in [0, 0.1) is 6.92 Å². The molecule has 0 bridgehead atoms. The van der Waals surface area contributed by atoms with E-state index < -0.39 is 0 Å². The van der Waals surface area contributed by atoms with E-state index in [0.29, 0.717) is 6.04 Å². The molecule has 5 heteroatoms. The smallest absolute Gasteiger partial charge is 0.134 e. The van der Waals surface area contributed by atoms with Crippen molar-refractivity contribution >= 4 is 11.6 Å². The van der Waals surface area contributed by atoms with Gasteiger partial charge in [0, 0.05) is 25.2 Å². The van der Waals surface area contributed by atoms with Gasteiger partial charge >= 0.3 is 0 Å². The number of rotatable bonds is 3. The molecule has 1 aromatic rings. The second-order valence-electron chi connectivity index (χ2n) is 4.56. The van der Waals surface area contributed by atoms with Crippen molar-refractivity contribution < 1.29 is 4.74 Å². The van der Waals surface area contributed by atoms with Gasteiger partial charge in [-0.05, 0) is 20.8 Å². The van der Waals surface area contributed by atoms with Crippen LogP contribution in [0.1, 0.15) is 19.7 Å². The number of nitrogens with one attached hydrogen (secondary N) is 1. The lowest BCUT2D eigenvalue weighted by Crippen LogP contribution is -2.37. The average molecular weight is 236 g/mol. The van der Waals surface area contributed by atoms with Crippen molar-refractivity contribution in [1.29, 1.82) is 0 Å². The minimum absolute atomic E-state index is 0.377. The van der Waals surface area contributed by atoms with E-state index in [1.807, 2.05) is 13.0 Å². The first kappa shape index (κ1) is 12.1. The van der Waals surface area contributed by atoms with Crippen LogP contribution in [0.2, 0.25) is 0 Å². The zero-order valence-corrected chi connectivity index (χ0v) is 10.7. The predicted molar refractivity (Wildman–Crippen MR) is 68.6 cm³/mol. The average Bonchev–Trinajstić information content (AvgIpc) is 2.28. The minimum Gasteiger partial charge on any atom is -0.378 e. The number of anilines is 2. The minimum atomic E-state index is 0.377. The molecule has 0 aromatic carbocycles. The summed E-state index contributed by atoms with van der Waals surface area (Å²) in [6, 6.07) is 2.39. The quantitative estimate of drug-likeness (QED) is 0.860. The Hall–Kier alpha value is -1.36. The Morgan fingerprint density at radius 1 is 1.29 bits per heavy atom. The van der Waals surface area contributed by atoms with Gasteiger partial charge in [0.2, 0.25) is 0 Å². The fourth-order valence-electron chi connectivity index (χ4n) is 1.88. The molecule has 1 aliphatic heterocycles. The molecule has 0 unspecified atom stereocenters. The Labute approximate surface area is 102 Å². The van der Waals surface area contributed by atoms with Crippen LogP contribution in [0.4, 0.5) is 11.6 Å². The molecule has 2 heterocycles. The van der Waals surface area contributed by atoms with Gasteiger partial charge in [0.1, 0.15) is 17.5 Å². The summed E-state index contributed by atoms with van der Waals surface area (Å²) in [6.45, 7) is 9.48. The highest BCUT2D eigenvalue weighted by molar-refractivity contribution is 5.49. The van der Waals surface area contributed by atoms with Crippen LogP contribution >= 0.6 is 0 Å². The Kier molecular flexibility index (Phi) is 3.78. The van der Waals surface area contributed by atoms with Crippen LogP contribution in [0.3, 0.4) is 0 Å². The highest BCUT2D eigenvalue weighted by Gasteiger charge is 2.14. The summed E-state index contributed by atoms with van der Waals surface area (Å²) >= 11 is 0. The Balaban J connectivity index is 2.18. The lowest BCUT2D eigenvalue weighted by Gasteiger charge is -2.28. The topological polar surface area (TPSA) is 50.3 Å². The highest BCUT2D eigenvalue weighted by atomic mass is 16.5. The summed E-state index contributed by atoms with van der Waals surface area (Å²) in [4.78, 5) is 11.1. The van der Waals surface area contributed by atoms with Crippen LogP contribution in [0.15, 0.2) is 6.07 Å². The Bertz CT molecular complexity index is 375. The molecule has 0 atom stereocenters. The van der Waals surface area contributed by atoms with Crippen molar-refractivity contribution in [2.75, 3.05) is 36.5 Å². The molecular formula is C12H20N4O. The zero-order chi connectivity index (χ0) is 12.3. The summed E-state index contributed by atoms with van der Waals surface area (Å²) in [7, 11) is 0. The fourth-order valence-corrected chi connectivity index (χ4v) is 1.88. The number of aryl methyl sites for hydroxylation is 1. The lowest BCUT2D eigenvalue weighted by molar-refractivity contribution is 0.122. The summed E-state index contributed by atoms with van der Waals surface area (Å²) in [5.74, 6) is 2.69. The van der Waals surface area contributed by atoms with Gasteiger partial charge in [-0.1, -0.05) is 0 Å². The molecule has 1 aromatic heterocycles. The molecule has 0 radical (unpaired) electrons. The molecule has 1 aliphatic rings. The van der Waals surface area contributed by atoms with Gasteiger partial charge in [0.25, 0.3) is 0 Å². The maximum atomic E-state index is 5.35. The molecule has 1 saturated heterocycles. The number of aromatic nitrogens is 2. The Morgan fingerprint density at radius 3 is 2.65 bits per heavy atom. The Morgan fingerprint density at radius 2 is 2.00 bits per heavy atom. The van der Waals surface area contributed by atoms with Crippen molar-refractivity contribution in [2.45, 2.75) is 26.8 Å². The second-order valence-corrected chi connectivity index (χ2v) is 4.56. The molecule has 2 rings (SSSR count). The number of hydrogen-bond donors (Lipinski definition) is 1. The van der Waals surface area contributed by atoms with E-state index in [2.05, 4.69) is 34.0 Å². The van der Waals surface area contributed by atoms with Crippen molar-refractivity contribution in [1.82, 2.24) is 9.97 Å². The first-order chi connectivity index (χ1) is 8.15. The standard InChI is InChI=1S/C12H20N4O/c1-9(2)13-11-8-12(15-10(3)14-11)16-4-6-17-7-5-16/h8-9H,4-7H2,1-3H3,(H,13,14,15).